The van der Waals surface area contributed by atoms with Crippen LogP contribution in [0.3, 0.4) is 0 Å². The highest BCUT2D eigenvalue weighted by Gasteiger charge is 2.34. The van der Waals surface area contributed by atoms with Crippen LogP contribution >= 0.6 is 0 Å². The lowest BCUT2D eigenvalue weighted by atomic mass is 9.84. The van der Waals surface area contributed by atoms with Gasteiger partial charge in [-0.25, -0.2) is 0 Å². The second kappa shape index (κ2) is 6.83. The van der Waals surface area contributed by atoms with Crippen LogP contribution in [0.5, 0.6) is 5.75 Å². The first-order valence-corrected chi connectivity index (χ1v) is 8.68. The van der Waals surface area contributed by atoms with Gasteiger partial charge in [-0.05, 0) is 62.1 Å². The lowest BCUT2D eigenvalue weighted by Gasteiger charge is -2.32. The van der Waals surface area contributed by atoms with Crippen LogP contribution < -0.4 is 10.1 Å². The van der Waals surface area contributed by atoms with Crippen LogP contribution in [0.1, 0.15) is 63.5 Å². The van der Waals surface area contributed by atoms with E-state index in [4.69, 9.17) is 4.74 Å². The summed E-state index contributed by atoms with van der Waals surface area (Å²) in [5.74, 6) is 2.66. The molecule has 3 rings (SSSR count). The Morgan fingerprint density at radius 3 is 2.19 bits per heavy atom. The number of methoxy groups -OCH3 is 1. The number of ether oxygens (including phenoxy) is 1. The third kappa shape index (κ3) is 3.79. The Labute approximate surface area is 129 Å². The molecule has 0 bridgehead atoms. The lowest BCUT2D eigenvalue weighted by molar-refractivity contribution is 0.257. The van der Waals surface area contributed by atoms with Crippen LogP contribution in [0, 0.1) is 11.8 Å². The SMILES string of the molecule is COc1ccc(C(NC(C)C2CCCCC2)C2CC2)cc1. The highest BCUT2D eigenvalue weighted by molar-refractivity contribution is 5.30. The summed E-state index contributed by atoms with van der Waals surface area (Å²) >= 11 is 0. The van der Waals surface area contributed by atoms with Gasteiger partial charge in [-0.1, -0.05) is 31.4 Å². The molecular formula is C19H29NO. The first kappa shape index (κ1) is 14.9. The first-order chi connectivity index (χ1) is 10.3. The second-order valence-corrected chi connectivity index (χ2v) is 6.94. The molecule has 21 heavy (non-hydrogen) atoms. The van der Waals surface area contributed by atoms with Crippen molar-refractivity contribution in [3.8, 4) is 5.75 Å². The van der Waals surface area contributed by atoms with Crippen LogP contribution in [0.25, 0.3) is 0 Å². The fourth-order valence-corrected chi connectivity index (χ4v) is 3.80. The van der Waals surface area contributed by atoms with Crippen LogP contribution in [0.4, 0.5) is 0 Å². The molecule has 0 spiro atoms. The molecular weight excluding hydrogens is 258 g/mol. The third-order valence-corrected chi connectivity index (χ3v) is 5.37. The van der Waals surface area contributed by atoms with Crippen molar-refractivity contribution in [3.05, 3.63) is 29.8 Å². The van der Waals surface area contributed by atoms with E-state index in [1.807, 2.05) is 0 Å². The van der Waals surface area contributed by atoms with E-state index >= 15 is 0 Å². The third-order valence-electron chi connectivity index (χ3n) is 5.37. The van der Waals surface area contributed by atoms with E-state index in [-0.39, 0.29) is 0 Å². The summed E-state index contributed by atoms with van der Waals surface area (Å²) in [6.45, 7) is 2.40. The minimum atomic E-state index is 0.535. The Bertz CT molecular complexity index is 431. The zero-order chi connectivity index (χ0) is 14.7. The summed E-state index contributed by atoms with van der Waals surface area (Å²) in [5, 5.41) is 3.96. The molecule has 2 saturated carbocycles. The second-order valence-electron chi connectivity index (χ2n) is 6.94. The van der Waals surface area contributed by atoms with Gasteiger partial charge in [0, 0.05) is 12.1 Å². The normalized spacial score (nSPS) is 22.8. The monoisotopic (exact) mass is 287 g/mol. The van der Waals surface area contributed by atoms with Gasteiger partial charge in [0.1, 0.15) is 5.75 Å². The zero-order valence-corrected chi connectivity index (χ0v) is 13.5. The summed E-state index contributed by atoms with van der Waals surface area (Å²) in [7, 11) is 1.73. The van der Waals surface area contributed by atoms with Gasteiger partial charge in [0.25, 0.3) is 0 Å². The molecule has 2 aliphatic rings. The number of hydrogen-bond acceptors (Lipinski definition) is 2. The molecule has 0 radical (unpaired) electrons. The van der Waals surface area contributed by atoms with Gasteiger partial charge >= 0.3 is 0 Å². The molecule has 116 valence electrons. The van der Waals surface area contributed by atoms with Gasteiger partial charge in [-0.2, -0.15) is 0 Å². The maximum absolute atomic E-state index is 5.28. The van der Waals surface area contributed by atoms with Gasteiger partial charge in [0.05, 0.1) is 7.11 Å². The quantitative estimate of drug-likeness (QED) is 0.818. The minimum absolute atomic E-state index is 0.535. The van der Waals surface area contributed by atoms with Gasteiger partial charge in [-0.3, -0.25) is 0 Å². The van der Waals surface area contributed by atoms with E-state index in [9.17, 15) is 0 Å². The number of benzene rings is 1. The van der Waals surface area contributed by atoms with E-state index in [1.165, 1.54) is 50.5 Å². The smallest absolute Gasteiger partial charge is 0.118 e. The first-order valence-electron chi connectivity index (χ1n) is 8.68. The van der Waals surface area contributed by atoms with E-state index in [1.54, 1.807) is 7.11 Å². The summed E-state index contributed by atoms with van der Waals surface area (Å²) < 4.78 is 5.28. The molecule has 2 unspecified atom stereocenters. The van der Waals surface area contributed by atoms with Crippen molar-refractivity contribution in [2.45, 2.75) is 64.0 Å². The van der Waals surface area contributed by atoms with E-state index in [0.717, 1.165) is 17.6 Å². The van der Waals surface area contributed by atoms with Gasteiger partial charge < -0.3 is 10.1 Å². The molecule has 0 amide bonds. The van der Waals surface area contributed by atoms with E-state index < -0.39 is 0 Å². The number of hydrogen-bond donors (Lipinski definition) is 1. The van der Waals surface area contributed by atoms with E-state index in [2.05, 4.69) is 36.5 Å². The molecule has 0 heterocycles. The molecule has 2 aliphatic carbocycles. The molecule has 0 aliphatic heterocycles. The maximum atomic E-state index is 5.28. The number of nitrogens with one attached hydrogen (secondary N) is 1. The molecule has 1 aromatic carbocycles. The number of rotatable bonds is 6. The topological polar surface area (TPSA) is 21.3 Å². The summed E-state index contributed by atoms with van der Waals surface area (Å²) in [5.41, 5.74) is 1.43. The Hall–Kier alpha value is -1.02. The van der Waals surface area contributed by atoms with Gasteiger partial charge in [0.2, 0.25) is 0 Å². The van der Waals surface area contributed by atoms with Crippen molar-refractivity contribution < 1.29 is 4.74 Å². The highest BCUT2D eigenvalue weighted by atomic mass is 16.5. The average molecular weight is 287 g/mol. The summed E-state index contributed by atoms with van der Waals surface area (Å²) in [6.07, 6.45) is 9.86. The molecule has 2 heteroatoms. The molecule has 0 saturated heterocycles. The summed E-state index contributed by atoms with van der Waals surface area (Å²) in [6, 6.07) is 9.84. The molecule has 1 N–H and O–H groups in total. The van der Waals surface area contributed by atoms with Crippen molar-refractivity contribution in [1.82, 2.24) is 5.32 Å². The highest BCUT2D eigenvalue weighted by Crippen LogP contribution is 2.42. The molecule has 2 fully saturated rings. The Kier molecular flexibility index (Phi) is 4.84. The van der Waals surface area contributed by atoms with Crippen LogP contribution in [0.15, 0.2) is 24.3 Å². The molecule has 0 aromatic heterocycles. The maximum Gasteiger partial charge on any atom is 0.118 e. The van der Waals surface area contributed by atoms with Crippen molar-refractivity contribution in [3.63, 3.8) is 0 Å². The predicted octanol–water partition coefficient (Wildman–Crippen LogP) is 4.70. The fraction of sp³-hybridized carbons (Fsp3) is 0.684. The van der Waals surface area contributed by atoms with E-state index in [0.29, 0.717) is 12.1 Å². The molecule has 2 nitrogen and oxygen atoms in total. The van der Waals surface area contributed by atoms with Crippen molar-refractivity contribution in [1.29, 1.82) is 0 Å². The Morgan fingerprint density at radius 2 is 1.62 bits per heavy atom. The van der Waals surface area contributed by atoms with Crippen molar-refractivity contribution >= 4 is 0 Å². The van der Waals surface area contributed by atoms with Gasteiger partial charge in [0.15, 0.2) is 0 Å². The van der Waals surface area contributed by atoms with Crippen molar-refractivity contribution in [2.75, 3.05) is 7.11 Å². The van der Waals surface area contributed by atoms with Crippen LogP contribution in [-0.4, -0.2) is 13.2 Å². The van der Waals surface area contributed by atoms with Gasteiger partial charge in [-0.15, -0.1) is 0 Å². The van der Waals surface area contributed by atoms with Crippen LogP contribution in [-0.2, 0) is 0 Å². The summed E-state index contributed by atoms with van der Waals surface area (Å²) in [4.78, 5) is 0. The molecule has 2 atom stereocenters. The predicted molar refractivity (Wildman–Crippen MR) is 87.6 cm³/mol. The van der Waals surface area contributed by atoms with Crippen molar-refractivity contribution in [2.24, 2.45) is 11.8 Å². The molecule has 1 aromatic rings. The Morgan fingerprint density at radius 1 is 0.952 bits per heavy atom. The fourth-order valence-electron chi connectivity index (χ4n) is 3.80. The average Bonchev–Trinajstić information content (AvgIpc) is 3.38. The lowest BCUT2D eigenvalue weighted by Crippen LogP contribution is -2.38. The zero-order valence-electron chi connectivity index (χ0n) is 13.5. The van der Waals surface area contributed by atoms with Crippen LogP contribution in [0.2, 0.25) is 0 Å². The Balaban J connectivity index is 1.66. The minimum Gasteiger partial charge on any atom is -0.497 e. The largest absolute Gasteiger partial charge is 0.497 e. The standard InChI is InChI=1S/C19H29NO/c1-14(15-6-4-3-5-7-15)20-19(16-8-9-16)17-10-12-18(21-2)13-11-17/h10-16,19-20H,3-9H2,1-2H3.